The highest BCUT2D eigenvalue weighted by molar-refractivity contribution is 7.89. The minimum absolute atomic E-state index is 0.0687. The van der Waals surface area contributed by atoms with Gasteiger partial charge in [-0.15, -0.1) is 0 Å². The summed E-state index contributed by atoms with van der Waals surface area (Å²) in [5, 5.41) is 3.19. The van der Waals surface area contributed by atoms with E-state index in [1.165, 1.54) is 11.4 Å². The highest BCUT2D eigenvalue weighted by atomic mass is 32.2. The fourth-order valence-corrected chi connectivity index (χ4v) is 3.81. The first-order valence-electron chi connectivity index (χ1n) is 7.01. The Balaban J connectivity index is 2.56. The van der Waals surface area contributed by atoms with Crippen LogP contribution in [0.15, 0.2) is 0 Å². The number of hydrogen-bond donors (Lipinski definition) is 1. The molecule has 0 aromatic carbocycles. The maximum absolute atomic E-state index is 12.2. The van der Waals surface area contributed by atoms with E-state index >= 15 is 0 Å². The lowest BCUT2D eigenvalue weighted by molar-refractivity contribution is -0.134. The van der Waals surface area contributed by atoms with Crippen molar-refractivity contribution in [2.24, 2.45) is 0 Å². The third-order valence-electron chi connectivity index (χ3n) is 3.39. The summed E-state index contributed by atoms with van der Waals surface area (Å²) in [5.41, 5.74) is 0. The summed E-state index contributed by atoms with van der Waals surface area (Å²) in [7, 11) is -2.23. The Morgan fingerprint density at radius 1 is 1.38 bits per heavy atom. The molecule has 1 saturated heterocycles. The van der Waals surface area contributed by atoms with Gasteiger partial charge in [-0.25, -0.2) is 8.42 Å². The van der Waals surface area contributed by atoms with Crippen molar-refractivity contribution < 1.29 is 26.3 Å². The molecule has 1 aliphatic rings. The molecule has 1 N–H and O–H groups in total. The van der Waals surface area contributed by atoms with Gasteiger partial charge in [0.1, 0.15) is 0 Å². The van der Waals surface area contributed by atoms with E-state index in [0.29, 0.717) is 0 Å². The first kappa shape index (κ1) is 18.7. The lowest BCUT2D eigenvalue weighted by Crippen LogP contribution is -2.43. The molecule has 0 radical (unpaired) electrons. The zero-order chi connectivity index (χ0) is 15.9. The largest absolute Gasteiger partial charge is 0.389 e. The molecule has 1 rings (SSSR count). The van der Waals surface area contributed by atoms with Gasteiger partial charge < -0.3 is 10.1 Å². The fourth-order valence-electron chi connectivity index (χ4n) is 2.28. The Hall–Kier alpha value is -0.380. The van der Waals surface area contributed by atoms with Crippen LogP contribution in [0.25, 0.3) is 0 Å². The number of ether oxygens (including phenoxy) is 1. The monoisotopic (exact) mass is 332 g/mol. The Kier molecular flexibility index (Phi) is 7.38. The molecule has 0 aliphatic carbocycles. The topological polar surface area (TPSA) is 58.6 Å². The van der Waals surface area contributed by atoms with E-state index in [1.807, 2.05) is 0 Å². The van der Waals surface area contributed by atoms with Gasteiger partial charge in [0.15, 0.2) is 0 Å². The zero-order valence-corrected chi connectivity index (χ0v) is 13.0. The van der Waals surface area contributed by atoms with Crippen molar-refractivity contribution in [3.63, 3.8) is 0 Å². The molecule has 0 spiro atoms. The fraction of sp³-hybridized carbons (Fsp3) is 1.00. The van der Waals surface area contributed by atoms with Crippen LogP contribution >= 0.6 is 0 Å². The molecular weight excluding hydrogens is 309 g/mol. The minimum atomic E-state index is -4.32. The molecule has 9 heteroatoms. The normalized spacial score (nSPS) is 20.3. The van der Waals surface area contributed by atoms with Crippen molar-refractivity contribution in [3.8, 4) is 0 Å². The van der Waals surface area contributed by atoms with Gasteiger partial charge in [0.25, 0.3) is 0 Å². The molecule has 0 amide bonds. The molecule has 1 aliphatic heterocycles. The highest BCUT2D eigenvalue weighted by Crippen LogP contribution is 2.22. The van der Waals surface area contributed by atoms with Gasteiger partial charge in [-0.05, 0) is 25.8 Å². The summed E-state index contributed by atoms with van der Waals surface area (Å²) in [6.07, 6.45) is -3.95. The van der Waals surface area contributed by atoms with Crippen LogP contribution in [0.1, 0.15) is 25.7 Å². The highest BCUT2D eigenvalue weighted by Gasteiger charge is 2.30. The third kappa shape index (κ3) is 7.44. The van der Waals surface area contributed by atoms with Gasteiger partial charge in [-0.2, -0.15) is 17.5 Å². The van der Waals surface area contributed by atoms with Gasteiger partial charge in [-0.1, -0.05) is 0 Å². The van der Waals surface area contributed by atoms with Crippen LogP contribution in [0.4, 0.5) is 13.2 Å². The SMILES string of the molecule is COCCN(CC1CCCN1)S(=O)(=O)CCCC(F)(F)F. The number of nitrogens with one attached hydrogen (secondary N) is 1. The molecule has 0 aromatic rings. The zero-order valence-electron chi connectivity index (χ0n) is 12.2. The van der Waals surface area contributed by atoms with Gasteiger partial charge in [-0.3, -0.25) is 0 Å². The quantitative estimate of drug-likeness (QED) is 0.693. The number of rotatable bonds is 9. The van der Waals surface area contributed by atoms with Crippen molar-refractivity contribution in [2.45, 2.75) is 37.9 Å². The second-order valence-corrected chi connectivity index (χ2v) is 7.27. The van der Waals surface area contributed by atoms with Crippen LogP contribution in [0.3, 0.4) is 0 Å². The number of halogens is 3. The smallest absolute Gasteiger partial charge is 0.383 e. The van der Waals surface area contributed by atoms with Crippen molar-refractivity contribution in [3.05, 3.63) is 0 Å². The van der Waals surface area contributed by atoms with Gasteiger partial charge in [0, 0.05) is 32.7 Å². The Morgan fingerprint density at radius 2 is 2.10 bits per heavy atom. The first-order valence-corrected chi connectivity index (χ1v) is 8.62. The maximum Gasteiger partial charge on any atom is 0.389 e. The van der Waals surface area contributed by atoms with Crippen LogP contribution in [0.2, 0.25) is 0 Å². The summed E-state index contributed by atoms with van der Waals surface area (Å²) in [5.74, 6) is -0.483. The van der Waals surface area contributed by atoms with E-state index in [-0.39, 0.29) is 25.7 Å². The van der Waals surface area contributed by atoms with E-state index in [4.69, 9.17) is 4.74 Å². The molecular formula is C12H23F3N2O3S. The summed E-state index contributed by atoms with van der Waals surface area (Å²) in [4.78, 5) is 0. The van der Waals surface area contributed by atoms with Crippen LogP contribution in [0.5, 0.6) is 0 Å². The van der Waals surface area contributed by atoms with Crippen LogP contribution in [-0.2, 0) is 14.8 Å². The second kappa shape index (κ2) is 8.30. The molecule has 1 fully saturated rings. The summed E-state index contributed by atoms with van der Waals surface area (Å²) in [6.45, 7) is 1.53. The predicted molar refractivity (Wildman–Crippen MR) is 73.5 cm³/mol. The molecule has 126 valence electrons. The maximum atomic E-state index is 12.2. The van der Waals surface area contributed by atoms with Crippen LogP contribution in [-0.4, -0.2) is 64.0 Å². The second-order valence-electron chi connectivity index (χ2n) is 5.18. The summed E-state index contributed by atoms with van der Waals surface area (Å²) >= 11 is 0. The molecule has 0 aromatic heterocycles. The van der Waals surface area contributed by atoms with Crippen molar-refractivity contribution in [1.82, 2.24) is 9.62 Å². The van der Waals surface area contributed by atoms with E-state index in [2.05, 4.69) is 5.32 Å². The van der Waals surface area contributed by atoms with Gasteiger partial charge in [0.05, 0.1) is 12.4 Å². The van der Waals surface area contributed by atoms with Crippen LogP contribution < -0.4 is 5.32 Å². The number of alkyl halides is 3. The number of sulfonamides is 1. The first-order chi connectivity index (χ1) is 9.74. The van der Waals surface area contributed by atoms with E-state index in [9.17, 15) is 21.6 Å². The number of methoxy groups -OCH3 is 1. The number of nitrogens with zero attached hydrogens (tertiary/aromatic N) is 1. The molecule has 1 unspecified atom stereocenters. The average molecular weight is 332 g/mol. The third-order valence-corrected chi connectivity index (χ3v) is 5.31. The predicted octanol–water partition coefficient (Wildman–Crippen LogP) is 1.36. The molecule has 21 heavy (non-hydrogen) atoms. The lowest BCUT2D eigenvalue weighted by atomic mass is 10.2. The summed E-state index contributed by atoms with van der Waals surface area (Å²) < 4.78 is 66.9. The lowest BCUT2D eigenvalue weighted by Gasteiger charge is -2.25. The molecule has 1 atom stereocenters. The Labute approximate surface area is 123 Å². The van der Waals surface area contributed by atoms with Crippen molar-refractivity contribution in [2.75, 3.05) is 39.1 Å². The van der Waals surface area contributed by atoms with E-state index in [1.54, 1.807) is 0 Å². The standard InChI is InChI=1S/C12H23F3N2O3S/c1-20-8-7-17(10-11-4-2-6-16-11)21(18,19)9-3-5-12(13,14)15/h11,16H,2-10H2,1H3. The average Bonchev–Trinajstić information content (AvgIpc) is 2.85. The molecule has 0 bridgehead atoms. The number of hydrogen-bond acceptors (Lipinski definition) is 4. The van der Waals surface area contributed by atoms with Crippen molar-refractivity contribution >= 4 is 10.0 Å². The Morgan fingerprint density at radius 3 is 2.62 bits per heavy atom. The van der Waals surface area contributed by atoms with E-state index < -0.39 is 34.8 Å². The minimum Gasteiger partial charge on any atom is -0.383 e. The molecule has 5 nitrogen and oxygen atoms in total. The van der Waals surface area contributed by atoms with Gasteiger partial charge in [0.2, 0.25) is 10.0 Å². The van der Waals surface area contributed by atoms with Gasteiger partial charge >= 0.3 is 6.18 Å². The molecule has 0 saturated carbocycles. The molecule has 1 heterocycles. The summed E-state index contributed by atoms with van der Waals surface area (Å²) in [6, 6.07) is 0.0687. The van der Waals surface area contributed by atoms with Crippen molar-refractivity contribution in [1.29, 1.82) is 0 Å². The Bertz CT molecular complexity index is 395. The van der Waals surface area contributed by atoms with Crippen LogP contribution in [0, 0.1) is 0 Å². The van der Waals surface area contributed by atoms with E-state index in [0.717, 1.165) is 19.4 Å².